The van der Waals surface area contributed by atoms with Crippen LogP contribution < -0.4 is 14.9 Å². The molecule has 2 aromatic carbocycles. The highest BCUT2D eigenvalue weighted by molar-refractivity contribution is 7.90. The number of rotatable bonds is 12. The summed E-state index contributed by atoms with van der Waals surface area (Å²) in [5.41, 5.74) is 14.2. The Labute approximate surface area is 334 Å². The van der Waals surface area contributed by atoms with E-state index in [0.717, 1.165) is 56.9 Å². The van der Waals surface area contributed by atoms with E-state index in [1.165, 1.54) is 49.9 Å². The Morgan fingerprint density at radius 1 is 0.982 bits per heavy atom. The molecule has 57 heavy (non-hydrogen) atoms. The van der Waals surface area contributed by atoms with Gasteiger partial charge in [-0.15, -0.1) is 0 Å². The van der Waals surface area contributed by atoms with Gasteiger partial charge in [0.2, 0.25) is 10.0 Å². The fourth-order valence-electron chi connectivity index (χ4n) is 10.4. The van der Waals surface area contributed by atoms with Crippen LogP contribution in [0, 0.1) is 30.1 Å². The first kappa shape index (κ1) is 37.3. The summed E-state index contributed by atoms with van der Waals surface area (Å²) in [6.45, 7) is 3.75. The fraction of sp³-hybridized carbons (Fsp3) is 0.439. The summed E-state index contributed by atoms with van der Waals surface area (Å²) in [7, 11) is -4.08. The summed E-state index contributed by atoms with van der Waals surface area (Å²) in [6.07, 6.45) is 10.2. The van der Waals surface area contributed by atoms with E-state index in [1.807, 2.05) is 60.4 Å². The molecule has 4 heterocycles. The second-order valence-electron chi connectivity index (χ2n) is 16.4. The summed E-state index contributed by atoms with van der Waals surface area (Å²) in [5, 5.41) is 11.8. The molecule has 2 amide bonds. The average Bonchev–Trinajstić information content (AvgIpc) is 3.76. The van der Waals surface area contributed by atoms with Crippen molar-refractivity contribution in [2.45, 2.75) is 71.4 Å². The number of nitrogens with zero attached hydrogens (tertiary/aromatic N) is 8. The van der Waals surface area contributed by atoms with Crippen LogP contribution in [0.5, 0.6) is 0 Å². The number of benzene rings is 2. The lowest BCUT2D eigenvalue weighted by Crippen LogP contribution is -2.48. The molecule has 4 saturated carbocycles. The first-order valence-corrected chi connectivity index (χ1v) is 22.1. The van der Waals surface area contributed by atoms with E-state index in [2.05, 4.69) is 29.7 Å². The number of amides is 2. The molecule has 4 bridgehead atoms. The number of aromatic nitrogens is 4. The van der Waals surface area contributed by atoms with Crippen LogP contribution in [-0.2, 0) is 29.5 Å². The number of hydrogen-bond donors (Lipinski definition) is 2. The molecular formula is C41H44N10O4S2. The van der Waals surface area contributed by atoms with Crippen LogP contribution in [0.25, 0.3) is 31.8 Å². The van der Waals surface area contributed by atoms with Crippen LogP contribution in [0.2, 0.25) is 0 Å². The molecule has 0 unspecified atom stereocenters. The zero-order valence-corrected chi connectivity index (χ0v) is 33.4. The molecule has 0 saturated heterocycles. The Morgan fingerprint density at radius 3 is 2.51 bits per heavy atom. The lowest BCUT2D eigenvalue weighted by Gasteiger charge is -2.56. The summed E-state index contributed by atoms with van der Waals surface area (Å²) in [5.74, 6) is 1.39. The summed E-state index contributed by atoms with van der Waals surface area (Å²) in [4.78, 5) is 41.9. The number of carbonyl (C=O) groups is 2. The second kappa shape index (κ2) is 14.9. The number of fused-ring (bicyclic) bond motifs is 2. The molecule has 4 fully saturated rings. The van der Waals surface area contributed by atoms with Crippen molar-refractivity contribution in [3.05, 3.63) is 99.3 Å². The second-order valence-corrected chi connectivity index (χ2v) is 19.3. The fourth-order valence-corrected chi connectivity index (χ4v) is 12.2. The Hall–Kier alpha value is -5.31. The predicted octanol–water partition coefficient (Wildman–Crippen LogP) is 7.65. The summed E-state index contributed by atoms with van der Waals surface area (Å²) in [6, 6.07) is 17.1. The number of sulfonamides is 1. The minimum atomic E-state index is -4.08. The van der Waals surface area contributed by atoms with Crippen LogP contribution >= 0.6 is 11.3 Å². The van der Waals surface area contributed by atoms with Gasteiger partial charge in [-0.25, -0.2) is 23.1 Å². The Bertz CT molecular complexity index is 2490. The van der Waals surface area contributed by atoms with Crippen LogP contribution in [0.3, 0.4) is 0 Å². The quantitative estimate of drug-likeness (QED) is 0.0557. The number of hydrogen-bond acceptors (Lipinski definition) is 10. The maximum Gasteiger partial charge on any atom is 0.284 e. The van der Waals surface area contributed by atoms with E-state index in [9.17, 15) is 18.0 Å². The van der Waals surface area contributed by atoms with Gasteiger partial charge in [0.15, 0.2) is 5.13 Å². The molecule has 2 N–H and O–H groups in total. The van der Waals surface area contributed by atoms with Gasteiger partial charge in [-0.1, -0.05) is 40.7 Å². The van der Waals surface area contributed by atoms with Gasteiger partial charge in [-0.3, -0.25) is 19.6 Å². The zero-order chi connectivity index (χ0) is 39.3. The van der Waals surface area contributed by atoms with Crippen LogP contribution in [0.4, 0.5) is 10.9 Å². The van der Waals surface area contributed by atoms with Crippen LogP contribution in [0.15, 0.2) is 65.9 Å². The molecule has 16 heteroatoms. The van der Waals surface area contributed by atoms with Crippen molar-refractivity contribution in [3.8, 4) is 11.1 Å². The molecular weight excluding hydrogens is 761 g/mol. The molecule has 14 nitrogen and oxygen atoms in total. The van der Waals surface area contributed by atoms with E-state index in [1.54, 1.807) is 12.3 Å². The first-order chi connectivity index (χ1) is 27.5. The van der Waals surface area contributed by atoms with E-state index < -0.39 is 15.9 Å². The maximum absolute atomic E-state index is 14.0. The highest BCUT2D eigenvalue weighted by atomic mass is 32.2. The number of para-hydroxylation sites is 1. The highest BCUT2D eigenvalue weighted by Gasteiger charge is 2.51. The number of thiazole rings is 1. The number of pyridine rings is 1. The number of anilines is 2. The van der Waals surface area contributed by atoms with Crippen molar-refractivity contribution < 1.29 is 18.0 Å². The highest BCUT2D eigenvalue weighted by Crippen LogP contribution is 2.60. The standard InChI is InChI=1S/C41H44N10O4S2/c1-25-32(22-44-51(25)24-41-19-26-16-27(20-41)18-28(17-26)21-41)30-10-11-36(46-37(30)39(53)48-57(54,55)15-5-13-43-49-42)50-14-12-29-6-4-7-31(33(29)23-50)38(52)47-40-45-34-8-2-3-9-35(34)56-40/h2-4,6-11,22,26-28H,5,12-21,23-24H2,1H3,(H,48,53)(H,45,47,52). The van der Waals surface area contributed by atoms with Crippen molar-refractivity contribution in [3.63, 3.8) is 0 Å². The molecule has 1 aliphatic heterocycles. The van der Waals surface area contributed by atoms with Gasteiger partial charge < -0.3 is 4.90 Å². The third-order valence-corrected chi connectivity index (χ3v) is 14.8. The van der Waals surface area contributed by atoms with Gasteiger partial charge in [0.1, 0.15) is 11.5 Å². The molecule has 3 aromatic heterocycles. The monoisotopic (exact) mass is 804 g/mol. The van der Waals surface area contributed by atoms with E-state index in [0.29, 0.717) is 41.6 Å². The SMILES string of the molecule is Cc1c(-c2ccc(N3CCc4cccc(C(=O)Nc5nc6ccccc6s5)c4C3)nc2C(=O)NS(=O)(=O)CCCN=[N+]=[N-])cnn1CC12CC3CC(CC(C3)C1)C2. The van der Waals surface area contributed by atoms with Crippen molar-refractivity contribution in [2.75, 3.05) is 29.1 Å². The van der Waals surface area contributed by atoms with E-state index >= 15 is 0 Å². The molecule has 4 aliphatic carbocycles. The van der Waals surface area contributed by atoms with Gasteiger partial charge >= 0.3 is 0 Å². The molecule has 294 valence electrons. The number of azide groups is 1. The smallest absolute Gasteiger partial charge is 0.284 e. The molecule has 0 atom stereocenters. The topological polar surface area (TPSA) is 188 Å². The number of nitrogens with one attached hydrogen (secondary N) is 2. The van der Waals surface area contributed by atoms with Gasteiger partial charge in [-0.05, 0) is 128 Å². The summed E-state index contributed by atoms with van der Waals surface area (Å²) < 4.78 is 31.5. The molecule has 5 aromatic rings. The molecule has 10 rings (SSSR count). The largest absolute Gasteiger partial charge is 0.352 e. The third kappa shape index (κ3) is 7.49. The normalized spacial score (nSPS) is 22.3. The third-order valence-electron chi connectivity index (χ3n) is 12.5. The van der Waals surface area contributed by atoms with E-state index in [4.69, 9.17) is 15.6 Å². The Morgan fingerprint density at radius 2 is 1.75 bits per heavy atom. The van der Waals surface area contributed by atoms with Crippen molar-refractivity contribution in [1.29, 1.82) is 0 Å². The minimum absolute atomic E-state index is 0.0102. The maximum atomic E-state index is 14.0. The molecule has 0 radical (unpaired) electrons. The minimum Gasteiger partial charge on any atom is -0.352 e. The van der Waals surface area contributed by atoms with Crippen molar-refractivity contribution in [2.24, 2.45) is 28.3 Å². The van der Waals surface area contributed by atoms with Crippen molar-refractivity contribution >= 4 is 54.3 Å². The lowest BCUT2D eigenvalue weighted by atomic mass is 9.49. The van der Waals surface area contributed by atoms with E-state index in [-0.39, 0.29) is 35.7 Å². The van der Waals surface area contributed by atoms with Crippen LogP contribution in [-0.4, -0.2) is 58.8 Å². The van der Waals surface area contributed by atoms with Gasteiger partial charge in [0, 0.05) is 53.5 Å². The van der Waals surface area contributed by atoms with Gasteiger partial charge in [0.25, 0.3) is 11.8 Å². The zero-order valence-electron chi connectivity index (χ0n) is 31.7. The first-order valence-electron chi connectivity index (χ1n) is 19.7. The van der Waals surface area contributed by atoms with Gasteiger partial charge in [-0.2, -0.15) is 5.10 Å². The van der Waals surface area contributed by atoms with Crippen molar-refractivity contribution in [1.82, 2.24) is 24.5 Å². The lowest BCUT2D eigenvalue weighted by molar-refractivity contribution is -0.0638. The summed E-state index contributed by atoms with van der Waals surface area (Å²) >= 11 is 1.42. The Kier molecular flexibility index (Phi) is 9.74. The average molecular weight is 805 g/mol. The van der Waals surface area contributed by atoms with Crippen LogP contribution in [0.1, 0.15) is 82.6 Å². The molecule has 0 spiro atoms. The predicted molar refractivity (Wildman–Crippen MR) is 219 cm³/mol. The number of carbonyl (C=O) groups excluding carboxylic acids is 2. The molecule has 5 aliphatic rings. The van der Waals surface area contributed by atoms with Gasteiger partial charge in [0.05, 0.1) is 22.2 Å². The Balaban J connectivity index is 1.01.